The van der Waals surface area contributed by atoms with Gasteiger partial charge in [-0.25, -0.2) is 14.8 Å². The third-order valence-corrected chi connectivity index (χ3v) is 2.94. The molecule has 0 aromatic carbocycles. The predicted molar refractivity (Wildman–Crippen MR) is 67.6 cm³/mol. The highest BCUT2D eigenvalue weighted by atomic mass is 16.5. The number of carbonyl (C=O) groups excluding carboxylic acids is 1. The highest BCUT2D eigenvalue weighted by molar-refractivity contribution is 5.84. The molecule has 1 aromatic rings. The lowest BCUT2D eigenvalue weighted by molar-refractivity contribution is -0.144. The second-order valence-electron chi connectivity index (χ2n) is 4.28. The van der Waals surface area contributed by atoms with E-state index in [9.17, 15) is 9.59 Å². The van der Waals surface area contributed by atoms with E-state index in [1.165, 1.54) is 19.5 Å². The Morgan fingerprint density at radius 2 is 2.30 bits per heavy atom. The van der Waals surface area contributed by atoms with Crippen molar-refractivity contribution < 1.29 is 24.2 Å². The first-order valence-electron chi connectivity index (χ1n) is 6.09. The van der Waals surface area contributed by atoms with Gasteiger partial charge in [-0.3, -0.25) is 4.79 Å². The van der Waals surface area contributed by atoms with E-state index in [-0.39, 0.29) is 24.2 Å². The Balaban J connectivity index is 2.01. The average molecular weight is 281 g/mol. The van der Waals surface area contributed by atoms with Crippen LogP contribution in [0.15, 0.2) is 12.4 Å². The molecule has 1 atom stereocenters. The Morgan fingerprint density at radius 3 is 2.90 bits per heavy atom. The van der Waals surface area contributed by atoms with Crippen LogP contribution in [-0.4, -0.2) is 59.9 Å². The number of aromatic carboxylic acids is 1. The molecule has 0 bridgehead atoms. The van der Waals surface area contributed by atoms with Crippen LogP contribution in [-0.2, 0) is 14.3 Å². The van der Waals surface area contributed by atoms with Gasteiger partial charge in [0.25, 0.3) is 0 Å². The molecule has 0 radical (unpaired) electrons. The van der Waals surface area contributed by atoms with Gasteiger partial charge in [0.05, 0.1) is 38.6 Å². The van der Waals surface area contributed by atoms with Gasteiger partial charge in [0, 0.05) is 13.1 Å². The average Bonchev–Trinajstić information content (AvgIpc) is 2.47. The van der Waals surface area contributed by atoms with E-state index in [0.717, 1.165) is 0 Å². The third kappa shape index (κ3) is 3.41. The van der Waals surface area contributed by atoms with Crippen LogP contribution in [0, 0.1) is 0 Å². The molecule has 8 nitrogen and oxygen atoms in total. The SMILES string of the molecule is COC(=O)CC1CN(c2cnc(C(=O)O)cn2)CCO1. The number of rotatable bonds is 4. The zero-order chi connectivity index (χ0) is 14.5. The van der Waals surface area contributed by atoms with Crippen LogP contribution in [0.5, 0.6) is 0 Å². The van der Waals surface area contributed by atoms with Crippen molar-refractivity contribution in [2.24, 2.45) is 0 Å². The lowest BCUT2D eigenvalue weighted by Crippen LogP contribution is -2.43. The summed E-state index contributed by atoms with van der Waals surface area (Å²) >= 11 is 0. The molecule has 2 heterocycles. The number of anilines is 1. The Kier molecular flexibility index (Phi) is 4.46. The number of hydrogen-bond acceptors (Lipinski definition) is 7. The van der Waals surface area contributed by atoms with Gasteiger partial charge in [-0.15, -0.1) is 0 Å². The first kappa shape index (κ1) is 14.2. The van der Waals surface area contributed by atoms with Crippen molar-refractivity contribution in [2.45, 2.75) is 12.5 Å². The van der Waals surface area contributed by atoms with Crippen molar-refractivity contribution in [3.63, 3.8) is 0 Å². The van der Waals surface area contributed by atoms with E-state index >= 15 is 0 Å². The summed E-state index contributed by atoms with van der Waals surface area (Å²) in [4.78, 5) is 31.7. The first-order valence-corrected chi connectivity index (χ1v) is 6.09. The minimum atomic E-state index is -1.12. The number of hydrogen-bond donors (Lipinski definition) is 1. The van der Waals surface area contributed by atoms with Crippen LogP contribution in [0.1, 0.15) is 16.9 Å². The van der Waals surface area contributed by atoms with Gasteiger partial charge in [-0.2, -0.15) is 0 Å². The zero-order valence-corrected chi connectivity index (χ0v) is 11.0. The summed E-state index contributed by atoms with van der Waals surface area (Å²) < 4.78 is 10.1. The molecule has 108 valence electrons. The smallest absolute Gasteiger partial charge is 0.356 e. The Hall–Kier alpha value is -2.22. The summed E-state index contributed by atoms with van der Waals surface area (Å²) in [6, 6.07) is 0. The lowest BCUT2D eigenvalue weighted by atomic mass is 10.2. The van der Waals surface area contributed by atoms with Crippen molar-refractivity contribution >= 4 is 17.8 Å². The van der Waals surface area contributed by atoms with Crippen molar-refractivity contribution in [3.8, 4) is 0 Å². The molecular formula is C12H15N3O5. The summed E-state index contributed by atoms with van der Waals surface area (Å²) in [6.45, 7) is 1.55. The van der Waals surface area contributed by atoms with Crippen molar-refractivity contribution in [1.29, 1.82) is 0 Å². The van der Waals surface area contributed by atoms with E-state index < -0.39 is 5.97 Å². The number of esters is 1. The number of nitrogens with zero attached hydrogens (tertiary/aromatic N) is 3. The monoisotopic (exact) mass is 281 g/mol. The minimum Gasteiger partial charge on any atom is -0.476 e. The van der Waals surface area contributed by atoms with Crippen molar-refractivity contribution in [2.75, 3.05) is 31.7 Å². The van der Waals surface area contributed by atoms with Crippen molar-refractivity contribution in [1.82, 2.24) is 9.97 Å². The fourth-order valence-corrected chi connectivity index (χ4v) is 1.92. The maximum atomic E-state index is 11.2. The summed E-state index contributed by atoms with van der Waals surface area (Å²) in [7, 11) is 1.33. The van der Waals surface area contributed by atoms with Crippen LogP contribution < -0.4 is 4.90 Å². The van der Waals surface area contributed by atoms with Crippen LogP contribution >= 0.6 is 0 Å². The van der Waals surface area contributed by atoms with E-state index in [1.807, 2.05) is 4.90 Å². The molecule has 0 saturated carbocycles. The second-order valence-corrected chi connectivity index (χ2v) is 4.28. The number of carboxylic acids is 1. The molecule has 1 unspecified atom stereocenters. The van der Waals surface area contributed by atoms with Gasteiger partial charge in [0.15, 0.2) is 5.69 Å². The number of aromatic nitrogens is 2. The topological polar surface area (TPSA) is 102 Å². The highest BCUT2D eigenvalue weighted by Gasteiger charge is 2.24. The highest BCUT2D eigenvalue weighted by Crippen LogP contribution is 2.16. The molecule has 1 aliphatic rings. The number of morpholine rings is 1. The standard InChI is InChI=1S/C12H15N3O5/c1-19-11(16)4-8-7-15(2-3-20-8)10-6-13-9(5-14-10)12(17)18/h5-6,8H,2-4,7H2,1H3,(H,17,18). The van der Waals surface area contributed by atoms with Crippen LogP contribution in [0.4, 0.5) is 5.82 Å². The molecule has 0 aliphatic carbocycles. The fraction of sp³-hybridized carbons (Fsp3) is 0.500. The lowest BCUT2D eigenvalue weighted by Gasteiger charge is -2.33. The Bertz CT molecular complexity index is 490. The van der Waals surface area contributed by atoms with Gasteiger partial charge in [0.1, 0.15) is 5.82 Å². The largest absolute Gasteiger partial charge is 0.476 e. The van der Waals surface area contributed by atoms with E-state index in [4.69, 9.17) is 9.84 Å². The summed E-state index contributed by atoms with van der Waals surface area (Å²) in [5.74, 6) is -0.882. The maximum absolute atomic E-state index is 11.2. The van der Waals surface area contributed by atoms with Gasteiger partial charge < -0.3 is 19.5 Å². The molecule has 8 heteroatoms. The van der Waals surface area contributed by atoms with Crippen molar-refractivity contribution in [3.05, 3.63) is 18.1 Å². The molecule has 20 heavy (non-hydrogen) atoms. The van der Waals surface area contributed by atoms with Gasteiger partial charge in [0.2, 0.25) is 0 Å². The number of carbonyl (C=O) groups is 2. The summed E-state index contributed by atoms with van der Waals surface area (Å²) in [5.41, 5.74) is -0.104. The number of carboxylic acid groups (broad SMARTS) is 1. The first-order chi connectivity index (χ1) is 9.60. The molecule has 1 N–H and O–H groups in total. The summed E-state index contributed by atoms with van der Waals surface area (Å²) in [5, 5.41) is 8.77. The quantitative estimate of drug-likeness (QED) is 0.766. The fourth-order valence-electron chi connectivity index (χ4n) is 1.92. The predicted octanol–water partition coefficient (Wildman–Crippen LogP) is -0.0569. The second kappa shape index (κ2) is 6.29. The zero-order valence-electron chi connectivity index (χ0n) is 11.0. The maximum Gasteiger partial charge on any atom is 0.356 e. The molecule has 2 rings (SSSR count). The van der Waals surface area contributed by atoms with Gasteiger partial charge >= 0.3 is 11.9 Å². The van der Waals surface area contributed by atoms with E-state index in [2.05, 4.69) is 14.7 Å². The normalized spacial score (nSPS) is 18.6. The van der Waals surface area contributed by atoms with Crippen LogP contribution in [0.2, 0.25) is 0 Å². The molecule has 1 fully saturated rings. The molecule has 1 aliphatic heterocycles. The third-order valence-electron chi connectivity index (χ3n) is 2.94. The van der Waals surface area contributed by atoms with Crippen LogP contribution in [0.25, 0.3) is 0 Å². The Labute approximate surface area is 115 Å². The molecule has 1 aromatic heterocycles. The van der Waals surface area contributed by atoms with Gasteiger partial charge in [-0.1, -0.05) is 0 Å². The molecule has 1 saturated heterocycles. The number of ether oxygens (including phenoxy) is 2. The van der Waals surface area contributed by atoms with E-state index in [0.29, 0.717) is 25.5 Å². The molecule has 0 amide bonds. The Morgan fingerprint density at radius 1 is 1.50 bits per heavy atom. The van der Waals surface area contributed by atoms with Gasteiger partial charge in [-0.05, 0) is 0 Å². The molecular weight excluding hydrogens is 266 g/mol. The minimum absolute atomic E-state index is 0.104. The van der Waals surface area contributed by atoms with E-state index in [1.54, 1.807) is 0 Å². The van der Waals surface area contributed by atoms with Crippen LogP contribution in [0.3, 0.4) is 0 Å². The molecule has 0 spiro atoms. The summed E-state index contributed by atoms with van der Waals surface area (Å²) in [6.07, 6.45) is 2.53. The number of methoxy groups -OCH3 is 1.